The predicted octanol–water partition coefficient (Wildman–Crippen LogP) is 2.69. The first-order valence-electron chi connectivity index (χ1n) is 8.75. The van der Waals surface area contributed by atoms with Gasteiger partial charge in [0.1, 0.15) is 5.82 Å². The zero-order chi connectivity index (χ0) is 16.4. The fourth-order valence-corrected chi connectivity index (χ4v) is 3.83. The van der Waals surface area contributed by atoms with Crippen LogP contribution < -0.4 is 15.5 Å². The van der Waals surface area contributed by atoms with Gasteiger partial charge in [-0.25, -0.2) is 4.68 Å². The second-order valence-electron chi connectivity index (χ2n) is 6.88. The number of benzene rings is 1. The maximum absolute atomic E-state index is 5.97. The summed E-state index contributed by atoms with van der Waals surface area (Å²) in [7, 11) is 0. The van der Waals surface area contributed by atoms with Crippen LogP contribution in [0.2, 0.25) is 5.02 Å². The standard InChI is InChI=1S/C18H24ClN5/c19-16-1-3-17(4-2-16)23-8-6-14(12-23)9-20-10-15-11-21-18-5-7-22-24(18)13-15/h1-5,7,14-15,20-21H,6,8-13H2/t14-,15+/m1/s1. The van der Waals surface area contributed by atoms with Gasteiger partial charge in [-0.1, -0.05) is 11.6 Å². The Labute approximate surface area is 148 Å². The minimum atomic E-state index is 0.603. The molecule has 1 aromatic carbocycles. The van der Waals surface area contributed by atoms with Crippen molar-refractivity contribution < 1.29 is 0 Å². The molecule has 2 aromatic rings. The Bertz CT molecular complexity index is 668. The molecule has 0 saturated carbocycles. The second kappa shape index (κ2) is 7.03. The number of anilines is 2. The first-order chi connectivity index (χ1) is 11.8. The van der Waals surface area contributed by atoms with Crippen molar-refractivity contribution >= 4 is 23.1 Å². The minimum Gasteiger partial charge on any atom is -0.371 e. The number of hydrogen-bond donors (Lipinski definition) is 2. The summed E-state index contributed by atoms with van der Waals surface area (Å²) in [6, 6.07) is 10.2. The van der Waals surface area contributed by atoms with Crippen LogP contribution in [-0.4, -0.2) is 42.5 Å². The highest BCUT2D eigenvalue weighted by atomic mass is 35.5. The SMILES string of the molecule is Clc1ccc(N2CC[C@H](CNC[C@H]3CNc4ccnn4C3)C2)cc1. The van der Waals surface area contributed by atoms with Crippen molar-refractivity contribution in [3.63, 3.8) is 0 Å². The van der Waals surface area contributed by atoms with E-state index < -0.39 is 0 Å². The van der Waals surface area contributed by atoms with Gasteiger partial charge in [-0.05, 0) is 43.1 Å². The van der Waals surface area contributed by atoms with Crippen LogP contribution in [0.5, 0.6) is 0 Å². The Balaban J connectivity index is 1.21. The zero-order valence-electron chi connectivity index (χ0n) is 13.8. The van der Waals surface area contributed by atoms with Gasteiger partial charge >= 0.3 is 0 Å². The van der Waals surface area contributed by atoms with E-state index in [1.54, 1.807) is 0 Å². The van der Waals surface area contributed by atoms with E-state index in [0.717, 1.165) is 56.0 Å². The lowest BCUT2D eigenvalue weighted by molar-refractivity contribution is 0.379. The summed E-state index contributed by atoms with van der Waals surface area (Å²) in [4.78, 5) is 2.46. The molecule has 5 nitrogen and oxygen atoms in total. The van der Waals surface area contributed by atoms with Crippen LogP contribution in [0.15, 0.2) is 36.5 Å². The van der Waals surface area contributed by atoms with E-state index in [-0.39, 0.29) is 0 Å². The van der Waals surface area contributed by atoms with Crippen LogP contribution in [0.25, 0.3) is 0 Å². The van der Waals surface area contributed by atoms with Crippen molar-refractivity contribution in [1.29, 1.82) is 0 Å². The van der Waals surface area contributed by atoms with E-state index >= 15 is 0 Å². The maximum atomic E-state index is 5.97. The minimum absolute atomic E-state index is 0.603. The molecule has 24 heavy (non-hydrogen) atoms. The highest BCUT2D eigenvalue weighted by Crippen LogP contribution is 2.25. The van der Waals surface area contributed by atoms with Gasteiger partial charge in [0.05, 0.1) is 6.20 Å². The summed E-state index contributed by atoms with van der Waals surface area (Å²) in [5.41, 5.74) is 1.28. The summed E-state index contributed by atoms with van der Waals surface area (Å²) >= 11 is 5.97. The van der Waals surface area contributed by atoms with Crippen LogP contribution in [0.3, 0.4) is 0 Å². The molecule has 2 atom stereocenters. The fourth-order valence-electron chi connectivity index (χ4n) is 3.70. The molecule has 2 aliphatic rings. The Hall–Kier alpha value is -1.72. The lowest BCUT2D eigenvalue weighted by Crippen LogP contribution is -2.37. The van der Waals surface area contributed by atoms with Gasteiger partial charge < -0.3 is 15.5 Å². The molecule has 2 aliphatic heterocycles. The number of fused-ring (bicyclic) bond motifs is 1. The number of aromatic nitrogens is 2. The van der Waals surface area contributed by atoms with Gasteiger partial charge in [-0.2, -0.15) is 5.10 Å². The van der Waals surface area contributed by atoms with Crippen molar-refractivity contribution in [1.82, 2.24) is 15.1 Å². The maximum Gasteiger partial charge on any atom is 0.124 e. The largest absolute Gasteiger partial charge is 0.371 e. The Kier molecular flexibility index (Phi) is 4.63. The molecule has 4 rings (SSSR count). The third-order valence-corrected chi connectivity index (χ3v) is 5.32. The van der Waals surface area contributed by atoms with Crippen LogP contribution in [0, 0.1) is 11.8 Å². The summed E-state index contributed by atoms with van der Waals surface area (Å²) < 4.78 is 2.06. The Morgan fingerprint density at radius 3 is 2.83 bits per heavy atom. The number of nitrogens with one attached hydrogen (secondary N) is 2. The molecule has 1 fully saturated rings. The average molecular weight is 346 g/mol. The van der Waals surface area contributed by atoms with Gasteiger partial charge in [-0.3, -0.25) is 0 Å². The summed E-state index contributed by atoms with van der Waals surface area (Å²) in [6.45, 7) is 6.43. The molecular formula is C18H24ClN5. The van der Waals surface area contributed by atoms with Crippen molar-refractivity contribution in [3.8, 4) is 0 Å². The number of rotatable bonds is 5. The van der Waals surface area contributed by atoms with E-state index in [1.165, 1.54) is 12.1 Å². The molecule has 128 valence electrons. The predicted molar refractivity (Wildman–Crippen MR) is 98.8 cm³/mol. The Morgan fingerprint density at radius 1 is 1.12 bits per heavy atom. The average Bonchev–Trinajstić information content (AvgIpc) is 3.24. The van der Waals surface area contributed by atoms with Crippen molar-refractivity contribution in [2.75, 3.05) is 42.9 Å². The molecule has 1 aromatic heterocycles. The highest BCUT2D eigenvalue weighted by molar-refractivity contribution is 6.30. The first-order valence-corrected chi connectivity index (χ1v) is 9.12. The van der Waals surface area contributed by atoms with Crippen LogP contribution in [-0.2, 0) is 6.54 Å². The van der Waals surface area contributed by atoms with Crippen molar-refractivity contribution in [2.45, 2.75) is 13.0 Å². The van der Waals surface area contributed by atoms with Gasteiger partial charge in [-0.15, -0.1) is 0 Å². The number of hydrogen-bond acceptors (Lipinski definition) is 4. The Morgan fingerprint density at radius 2 is 1.96 bits per heavy atom. The molecule has 0 radical (unpaired) electrons. The van der Waals surface area contributed by atoms with Crippen LogP contribution in [0.4, 0.5) is 11.5 Å². The van der Waals surface area contributed by atoms with Gasteiger partial charge in [0.2, 0.25) is 0 Å². The molecule has 1 saturated heterocycles. The summed E-state index contributed by atoms with van der Waals surface area (Å²) in [5, 5.41) is 12.3. The highest BCUT2D eigenvalue weighted by Gasteiger charge is 2.23. The smallest absolute Gasteiger partial charge is 0.124 e. The zero-order valence-corrected chi connectivity index (χ0v) is 14.5. The molecule has 0 amide bonds. The van der Waals surface area contributed by atoms with E-state index in [1.807, 2.05) is 24.4 Å². The first kappa shape index (κ1) is 15.8. The lowest BCUT2D eigenvalue weighted by Gasteiger charge is -2.25. The molecule has 0 unspecified atom stereocenters. The quantitative estimate of drug-likeness (QED) is 0.874. The van der Waals surface area contributed by atoms with Crippen LogP contribution in [0.1, 0.15) is 6.42 Å². The summed E-state index contributed by atoms with van der Waals surface area (Å²) in [6.07, 6.45) is 3.11. The van der Waals surface area contributed by atoms with E-state index in [4.69, 9.17) is 11.6 Å². The van der Waals surface area contributed by atoms with E-state index in [9.17, 15) is 0 Å². The van der Waals surface area contributed by atoms with E-state index in [0.29, 0.717) is 5.92 Å². The third kappa shape index (κ3) is 3.52. The molecule has 6 heteroatoms. The normalized spacial score (nSPS) is 23.1. The molecule has 0 bridgehead atoms. The van der Waals surface area contributed by atoms with Gasteiger partial charge in [0, 0.05) is 55.4 Å². The monoisotopic (exact) mass is 345 g/mol. The van der Waals surface area contributed by atoms with Gasteiger partial charge in [0.25, 0.3) is 0 Å². The van der Waals surface area contributed by atoms with Gasteiger partial charge in [0.15, 0.2) is 0 Å². The molecule has 3 heterocycles. The topological polar surface area (TPSA) is 45.1 Å². The molecule has 2 N–H and O–H groups in total. The number of nitrogens with zero attached hydrogens (tertiary/aromatic N) is 3. The second-order valence-corrected chi connectivity index (χ2v) is 7.32. The van der Waals surface area contributed by atoms with Crippen molar-refractivity contribution in [2.24, 2.45) is 11.8 Å². The molecular weight excluding hydrogens is 322 g/mol. The third-order valence-electron chi connectivity index (χ3n) is 5.06. The fraction of sp³-hybridized carbons (Fsp3) is 0.500. The van der Waals surface area contributed by atoms with Crippen molar-refractivity contribution in [3.05, 3.63) is 41.6 Å². The molecule has 0 spiro atoms. The lowest BCUT2D eigenvalue weighted by atomic mass is 10.1. The van der Waals surface area contributed by atoms with Crippen LogP contribution >= 0.6 is 11.6 Å². The van der Waals surface area contributed by atoms with E-state index in [2.05, 4.69) is 37.4 Å². The number of halogens is 1. The summed E-state index contributed by atoms with van der Waals surface area (Å²) in [5.74, 6) is 2.46. The molecule has 0 aliphatic carbocycles.